The fourth-order valence-corrected chi connectivity index (χ4v) is 4.64. The number of rotatable bonds is 9. The van der Waals surface area contributed by atoms with Gasteiger partial charge in [-0.3, -0.25) is 9.36 Å². The van der Waals surface area contributed by atoms with Gasteiger partial charge in [0, 0.05) is 28.1 Å². The Morgan fingerprint density at radius 2 is 2.10 bits per heavy atom. The van der Waals surface area contributed by atoms with Gasteiger partial charge in [-0.25, -0.2) is 0 Å². The SMILES string of the molecule is C=CCn1c(SCC(=O)Nc2ccc(C)c(C)c2)nnc1-c1csc(CCC)c1. The van der Waals surface area contributed by atoms with Crippen molar-refractivity contribution in [3.63, 3.8) is 0 Å². The number of aryl methyl sites for hydroxylation is 3. The van der Waals surface area contributed by atoms with Crippen molar-refractivity contribution in [1.29, 1.82) is 0 Å². The first kappa shape index (κ1) is 21.3. The molecule has 2 heterocycles. The van der Waals surface area contributed by atoms with Gasteiger partial charge in [0.15, 0.2) is 11.0 Å². The normalized spacial score (nSPS) is 10.9. The highest BCUT2D eigenvalue weighted by molar-refractivity contribution is 7.99. The van der Waals surface area contributed by atoms with Crippen LogP contribution in [0.4, 0.5) is 5.69 Å². The van der Waals surface area contributed by atoms with E-state index in [1.807, 2.05) is 35.8 Å². The quantitative estimate of drug-likeness (QED) is 0.363. The van der Waals surface area contributed by atoms with E-state index in [0.29, 0.717) is 6.54 Å². The lowest BCUT2D eigenvalue weighted by atomic mass is 10.1. The molecule has 0 saturated heterocycles. The molecule has 7 heteroatoms. The minimum absolute atomic E-state index is 0.0614. The van der Waals surface area contributed by atoms with Crippen LogP contribution >= 0.6 is 23.1 Å². The second kappa shape index (κ2) is 9.89. The van der Waals surface area contributed by atoms with Gasteiger partial charge in [-0.1, -0.05) is 37.2 Å². The van der Waals surface area contributed by atoms with Crippen molar-refractivity contribution in [2.24, 2.45) is 0 Å². The van der Waals surface area contributed by atoms with E-state index in [4.69, 9.17) is 0 Å². The van der Waals surface area contributed by atoms with Gasteiger partial charge in [0.05, 0.1) is 5.75 Å². The van der Waals surface area contributed by atoms with Gasteiger partial charge < -0.3 is 5.32 Å². The van der Waals surface area contributed by atoms with E-state index in [9.17, 15) is 4.79 Å². The van der Waals surface area contributed by atoms with Crippen LogP contribution in [-0.2, 0) is 17.8 Å². The summed E-state index contributed by atoms with van der Waals surface area (Å²) in [6.07, 6.45) is 4.02. The molecule has 5 nitrogen and oxygen atoms in total. The van der Waals surface area contributed by atoms with E-state index in [1.54, 1.807) is 11.3 Å². The number of hydrogen-bond acceptors (Lipinski definition) is 5. The number of nitrogens with one attached hydrogen (secondary N) is 1. The highest BCUT2D eigenvalue weighted by Crippen LogP contribution is 2.28. The summed E-state index contributed by atoms with van der Waals surface area (Å²) in [6.45, 7) is 10.7. The van der Waals surface area contributed by atoms with Gasteiger partial charge >= 0.3 is 0 Å². The Kier molecular flexibility index (Phi) is 7.28. The zero-order valence-corrected chi connectivity index (χ0v) is 18.7. The van der Waals surface area contributed by atoms with Crippen molar-refractivity contribution in [3.8, 4) is 11.4 Å². The summed E-state index contributed by atoms with van der Waals surface area (Å²) in [7, 11) is 0. The first-order valence-corrected chi connectivity index (χ1v) is 11.5. The lowest BCUT2D eigenvalue weighted by molar-refractivity contribution is -0.113. The average molecular weight is 427 g/mol. The topological polar surface area (TPSA) is 59.8 Å². The molecule has 1 amide bonds. The predicted molar refractivity (Wildman–Crippen MR) is 123 cm³/mol. The van der Waals surface area contributed by atoms with Gasteiger partial charge in [-0.2, -0.15) is 0 Å². The number of anilines is 1. The van der Waals surface area contributed by atoms with E-state index < -0.39 is 0 Å². The lowest BCUT2D eigenvalue weighted by Gasteiger charge is -2.08. The van der Waals surface area contributed by atoms with Crippen LogP contribution in [0.1, 0.15) is 29.3 Å². The third-order valence-corrected chi connectivity index (χ3v) is 6.52. The van der Waals surface area contributed by atoms with E-state index in [2.05, 4.69) is 47.4 Å². The summed E-state index contributed by atoms with van der Waals surface area (Å²) in [6, 6.07) is 8.10. The number of nitrogens with zero attached hydrogens (tertiary/aromatic N) is 3. The molecule has 0 bridgehead atoms. The number of amides is 1. The first-order valence-electron chi connectivity index (χ1n) is 9.63. The number of carbonyl (C=O) groups is 1. The maximum atomic E-state index is 12.4. The molecule has 1 N–H and O–H groups in total. The summed E-state index contributed by atoms with van der Waals surface area (Å²) >= 11 is 3.14. The molecule has 0 unspecified atom stereocenters. The molecule has 0 fully saturated rings. The molecular formula is C22H26N4OS2. The van der Waals surface area contributed by atoms with Crippen molar-refractivity contribution in [3.05, 3.63) is 58.3 Å². The Balaban J connectivity index is 1.69. The van der Waals surface area contributed by atoms with Gasteiger partial charge in [0.2, 0.25) is 5.91 Å². The standard InChI is InChI=1S/C22H26N4OS2/c1-5-7-19-12-17(13-28-19)21-24-25-22(26(21)10-6-2)29-14-20(27)23-18-9-8-15(3)16(4)11-18/h6,8-9,11-13H,2,5,7,10,14H2,1,3-4H3,(H,23,27). The zero-order valence-electron chi connectivity index (χ0n) is 17.1. The summed E-state index contributed by atoms with van der Waals surface area (Å²) in [5, 5.41) is 14.5. The van der Waals surface area contributed by atoms with Crippen LogP contribution in [0, 0.1) is 13.8 Å². The largest absolute Gasteiger partial charge is 0.325 e. The van der Waals surface area contributed by atoms with Crippen LogP contribution in [0.25, 0.3) is 11.4 Å². The van der Waals surface area contributed by atoms with Crippen LogP contribution in [0.2, 0.25) is 0 Å². The minimum atomic E-state index is -0.0614. The number of benzene rings is 1. The Labute approximate surface area is 180 Å². The highest BCUT2D eigenvalue weighted by Gasteiger charge is 2.16. The van der Waals surface area contributed by atoms with Crippen molar-refractivity contribution in [2.45, 2.75) is 45.3 Å². The minimum Gasteiger partial charge on any atom is -0.325 e. The summed E-state index contributed by atoms with van der Waals surface area (Å²) in [5.74, 6) is 1.03. The Hall–Kier alpha value is -2.38. The molecule has 0 aliphatic heterocycles. The molecular weight excluding hydrogens is 400 g/mol. The summed E-state index contributed by atoms with van der Waals surface area (Å²) in [4.78, 5) is 13.7. The molecule has 2 aromatic heterocycles. The molecule has 0 aliphatic carbocycles. The fourth-order valence-electron chi connectivity index (χ4n) is 2.92. The van der Waals surface area contributed by atoms with Crippen molar-refractivity contribution >= 4 is 34.7 Å². The third-order valence-electron chi connectivity index (χ3n) is 4.56. The van der Waals surface area contributed by atoms with E-state index in [-0.39, 0.29) is 11.7 Å². The molecule has 0 atom stereocenters. The maximum Gasteiger partial charge on any atom is 0.234 e. The molecule has 3 aromatic rings. The Bertz CT molecular complexity index is 1010. The van der Waals surface area contributed by atoms with Gasteiger partial charge in [-0.05, 0) is 49.6 Å². The third kappa shape index (κ3) is 5.36. The summed E-state index contributed by atoms with van der Waals surface area (Å²) < 4.78 is 2.01. The van der Waals surface area contributed by atoms with Gasteiger partial charge in [-0.15, -0.1) is 28.1 Å². The maximum absolute atomic E-state index is 12.4. The number of thiophene rings is 1. The molecule has 3 rings (SSSR count). The number of aromatic nitrogens is 3. The Morgan fingerprint density at radius 3 is 2.83 bits per heavy atom. The van der Waals surface area contributed by atoms with E-state index >= 15 is 0 Å². The first-order chi connectivity index (χ1) is 14.0. The zero-order chi connectivity index (χ0) is 20.8. The molecule has 0 saturated carbocycles. The fraction of sp³-hybridized carbons (Fsp3) is 0.318. The van der Waals surface area contributed by atoms with Gasteiger partial charge in [0.1, 0.15) is 0 Å². The second-order valence-electron chi connectivity index (χ2n) is 6.89. The number of allylic oxidation sites excluding steroid dienone is 1. The van der Waals surface area contributed by atoms with Crippen LogP contribution in [0.5, 0.6) is 0 Å². The number of thioether (sulfide) groups is 1. The average Bonchev–Trinajstić information content (AvgIpc) is 3.31. The van der Waals surface area contributed by atoms with Crippen LogP contribution in [0.15, 0.2) is 47.5 Å². The highest BCUT2D eigenvalue weighted by atomic mass is 32.2. The molecule has 1 aromatic carbocycles. The predicted octanol–water partition coefficient (Wildman–Crippen LogP) is 5.49. The van der Waals surface area contributed by atoms with Crippen LogP contribution in [0.3, 0.4) is 0 Å². The molecule has 152 valence electrons. The van der Waals surface area contributed by atoms with Gasteiger partial charge in [0.25, 0.3) is 0 Å². The molecule has 0 radical (unpaired) electrons. The molecule has 0 spiro atoms. The smallest absolute Gasteiger partial charge is 0.234 e. The molecule has 29 heavy (non-hydrogen) atoms. The van der Waals surface area contributed by atoms with Crippen LogP contribution in [-0.4, -0.2) is 26.4 Å². The van der Waals surface area contributed by atoms with E-state index in [1.165, 1.54) is 22.2 Å². The summed E-state index contributed by atoms with van der Waals surface area (Å²) in [5.41, 5.74) is 4.25. The van der Waals surface area contributed by atoms with Crippen molar-refractivity contribution in [1.82, 2.24) is 14.8 Å². The lowest BCUT2D eigenvalue weighted by Crippen LogP contribution is -2.14. The van der Waals surface area contributed by atoms with E-state index in [0.717, 1.165) is 40.6 Å². The number of hydrogen-bond donors (Lipinski definition) is 1. The van der Waals surface area contributed by atoms with Crippen molar-refractivity contribution < 1.29 is 4.79 Å². The monoisotopic (exact) mass is 426 g/mol. The van der Waals surface area contributed by atoms with Crippen molar-refractivity contribution in [2.75, 3.05) is 11.1 Å². The Morgan fingerprint density at radius 1 is 1.28 bits per heavy atom. The number of carbonyl (C=O) groups excluding carboxylic acids is 1. The van der Waals surface area contributed by atoms with Crippen LogP contribution < -0.4 is 5.32 Å². The second-order valence-corrected chi connectivity index (χ2v) is 8.83. The molecule has 0 aliphatic rings.